The second-order valence-electron chi connectivity index (χ2n) is 7.06. The first-order chi connectivity index (χ1) is 13.8. The second-order valence-corrected chi connectivity index (χ2v) is 9.61. The quantitative estimate of drug-likeness (QED) is 0.725. The van der Waals surface area contributed by atoms with Crippen LogP contribution in [0.15, 0.2) is 53.4 Å². The summed E-state index contributed by atoms with van der Waals surface area (Å²) in [5.74, 6) is -0.525. The second kappa shape index (κ2) is 8.97. The summed E-state index contributed by atoms with van der Waals surface area (Å²) in [6.45, 7) is 3.63. The lowest BCUT2D eigenvalue weighted by Gasteiger charge is -2.35. The van der Waals surface area contributed by atoms with E-state index in [4.69, 9.17) is 11.6 Å². The van der Waals surface area contributed by atoms with Gasteiger partial charge in [0.05, 0.1) is 10.6 Å². The Morgan fingerprint density at radius 2 is 1.45 bits per heavy atom. The molecule has 0 atom stereocenters. The van der Waals surface area contributed by atoms with Crippen molar-refractivity contribution in [3.05, 3.63) is 64.7 Å². The van der Waals surface area contributed by atoms with Gasteiger partial charge in [-0.05, 0) is 43.3 Å². The molecule has 0 unspecified atom stereocenters. The minimum Gasteiger partial charge on any atom is -0.339 e. The predicted octanol–water partition coefficient (Wildman–Crippen LogP) is 2.80. The normalized spacial score (nSPS) is 14.7. The number of piperazine rings is 1. The average Bonchev–Trinajstić information content (AvgIpc) is 2.72. The molecule has 2 amide bonds. The number of hydrogen-bond acceptors (Lipinski definition) is 4. The van der Waals surface area contributed by atoms with Gasteiger partial charge < -0.3 is 9.80 Å². The summed E-state index contributed by atoms with van der Waals surface area (Å²) in [5, 5.41) is 0.457. The number of benzene rings is 2. The lowest BCUT2D eigenvalue weighted by molar-refractivity contribution is -0.132. The van der Waals surface area contributed by atoms with Gasteiger partial charge in [-0.2, -0.15) is 0 Å². The van der Waals surface area contributed by atoms with Gasteiger partial charge in [-0.15, -0.1) is 0 Å². The molecular weight excluding hydrogens is 412 g/mol. The maximum Gasteiger partial charge on any atom is 0.253 e. The first kappa shape index (κ1) is 21.3. The van der Waals surface area contributed by atoms with Gasteiger partial charge in [-0.1, -0.05) is 29.3 Å². The van der Waals surface area contributed by atoms with Gasteiger partial charge >= 0.3 is 0 Å². The molecule has 0 N–H and O–H groups in total. The number of aryl methyl sites for hydroxylation is 1. The van der Waals surface area contributed by atoms with Crippen LogP contribution in [0.1, 0.15) is 22.3 Å². The summed E-state index contributed by atoms with van der Waals surface area (Å²) in [6.07, 6.45) is -0.0864. The third-order valence-corrected chi connectivity index (χ3v) is 6.96. The van der Waals surface area contributed by atoms with Crippen molar-refractivity contribution in [2.45, 2.75) is 18.2 Å². The van der Waals surface area contributed by atoms with E-state index in [0.29, 0.717) is 36.8 Å². The van der Waals surface area contributed by atoms with Crippen molar-refractivity contribution in [1.82, 2.24) is 9.80 Å². The highest BCUT2D eigenvalue weighted by atomic mass is 35.5. The molecule has 3 rings (SSSR count). The van der Waals surface area contributed by atoms with E-state index in [1.54, 1.807) is 21.9 Å². The van der Waals surface area contributed by atoms with Crippen LogP contribution in [0.2, 0.25) is 5.02 Å². The molecule has 2 aromatic rings. The standard InChI is InChI=1S/C21H23ClN2O4S/c1-16-2-4-17(5-3-16)21(26)24-13-11-23(12-14-24)20(25)10-15-29(27,28)19-8-6-18(22)7-9-19/h2-9H,10-15H2,1H3. The SMILES string of the molecule is Cc1ccc(C(=O)N2CCN(C(=O)CCS(=O)(=O)c3ccc(Cl)cc3)CC2)cc1. The highest BCUT2D eigenvalue weighted by Gasteiger charge is 2.26. The molecule has 1 heterocycles. The van der Waals surface area contributed by atoms with Crippen LogP contribution in [-0.2, 0) is 14.6 Å². The van der Waals surface area contributed by atoms with E-state index in [0.717, 1.165) is 5.56 Å². The zero-order valence-electron chi connectivity index (χ0n) is 16.2. The van der Waals surface area contributed by atoms with Gasteiger partial charge in [0.15, 0.2) is 9.84 Å². The molecule has 154 valence electrons. The summed E-state index contributed by atoms with van der Waals surface area (Å²) in [5.41, 5.74) is 1.72. The van der Waals surface area contributed by atoms with Gasteiger partial charge in [0.25, 0.3) is 5.91 Å². The monoisotopic (exact) mass is 434 g/mol. The van der Waals surface area contributed by atoms with Crippen LogP contribution in [0.5, 0.6) is 0 Å². The molecule has 0 spiro atoms. The minimum absolute atomic E-state index is 0.0533. The van der Waals surface area contributed by atoms with E-state index in [9.17, 15) is 18.0 Å². The third-order valence-electron chi connectivity index (χ3n) is 4.98. The van der Waals surface area contributed by atoms with Gasteiger partial charge in [-0.25, -0.2) is 8.42 Å². The molecule has 0 aliphatic carbocycles. The number of sulfone groups is 1. The first-order valence-corrected chi connectivity index (χ1v) is 11.4. The van der Waals surface area contributed by atoms with Crippen LogP contribution in [-0.4, -0.2) is 62.0 Å². The van der Waals surface area contributed by atoms with Crippen LogP contribution < -0.4 is 0 Å². The average molecular weight is 435 g/mol. The Balaban J connectivity index is 1.51. The Hall–Kier alpha value is -2.38. The molecule has 2 aromatic carbocycles. The number of amides is 2. The van der Waals surface area contributed by atoms with Gasteiger partial charge in [0, 0.05) is 43.2 Å². The fraction of sp³-hybridized carbons (Fsp3) is 0.333. The van der Waals surface area contributed by atoms with Crippen LogP contribution in [0.3, 0.4) is 0 Å². The molecule has 1 aliphatic heterocycles. The van der Waals surface area contributed by atoms with Gasteiger partial charge in [0.2, 0.25) is 5.91 Å². The number of nitrogens with zero attached hydrogens (tertiary/aromatic N) is 2. The van der Waals surface area contributed by atoms with Crippen LogP contribution in [0.25, 0.3) is 0 Å². The molecule has 29 heavy (non-hydrogen) atoms. The maximum atomic E-state index is 12.6. The van der Waals surface area contributed by atoms with Crippen molar-refractivity contribution >= 4 is 33.3 Å². The summed E-state index contributed by atoms with van der Waals surface area (Å²) in [4.78, 5) is 28.5. The maximum absolute atomic E-state index is 12.6. The van der Waals surface area contributed by atoms with Gasteiger partial charge in [0.1, 0.15) is 0 Å². The molecule has 0 radical (unpaired) electrons. The number of halogens is 1. The zero-order chi connectivity index (χ0) is 21.0. The fourth-order valence-corrected chi connectivity index (χ4v) is 4.53. The predicted molar refractivity (Wildman–Crippen MR) is 112 cm³/mol. The smallest absolute Gasteiger partial charge is 0.253 e. The van der Waals surface area contributed by atoms with Crippen molar-refractivity contribution < 1.29 is 18.0 Å². The summed E-state index contributed by atoms with van der Waals surface area (Å²) in [7, 11) is -3.55. The van der Waals surface area contributed by atoms with Crippen molar-refractivity contribution in [3.8, 4) is 0 Å². The molecule has 1 saturated heterocycles. The number of carbonyl (C=O) groups excluding carboxylic acids is 2. The Kier molecular flexibility index (Phi) is 6.59. The minimum atomic E-state index is -3.55. The zero-order valence-corrected chi connectivity index (χ0v) is 17.7. The van der Waals surface area contributed by atoms with Crippen LogP contribution in [0.4, 0.5) is 0 Å². The molecule has 0 bridgehead atoms. The van der Waals surface area contributed by atoms with Crippen molar-refractivity contribution in [3.63, 3.8) is 0 Å². The van der Waals surface area contributed by atoms with E-state index in [-0.39, 0.29) is 28.9 Å². The number of carbonyl (C=O) groups is 2. The summed E-state index contributed by atoms with van der Waals surface area (Å²) in [6, 6.07) is 13.3. The topological polar surface area (TPSA) is 74.8 Å². The molecule has 6 nitrogen and oxygen atoms in total. The van der Waals surface area contributed by atoms with Crippen LogP contribution >= 0.6 is 11.6 Å². The Morgan fingerprint density at radius 1 is 0.897 bits per heavy atom. The highest BCUT2D eigenvalue weighted by molar-refractivity contribution is 7.91. The van der Waals surface area contributed by atoms with E-state index < -0.39 is 9.84 Å². The van der Waals surface area contributed by atoms with Crippen LogP contribution in [0, 0.1) is 6.92 Å². The Bertz CT molecular complexity index is 980. The third kappa shape index (κ3) is 5.36. The lowest BCUT2D eigenvalue weighted by atomic mass is 10.1. The molecule has 0 aromatic heterocycles. The van der Waals surface area contributed by atoms with Crippen molar-refractivity contribution in [1.29, 1.82) is 0 Å². The first-order valence-electron chi connectivity index (χ1n) is 9.38. The molecular formula is C21H23ClN2O4S. The molecule has 1 fully saturated rings. The number of rotatable bonds is 5. The molecule has 0 saturated carbocycles. The fourth-order valence-electron chi connectivity index (χ4n) is 3.18. The molecule has 1 aliphatic rings. The highest BCUT2D eigenvalue weighted by Crippen LogP contribution is 2.17. The number of hydrogen-bond donors (Lipinski definition) is 0. The van der Waals surface area contributed by atoms with E-state index in [1.807, 2.05) is 19.1 Å². The lowest BCUT2D eigenvalue weighted by Crippen LogP contribution is -2.50. The summed E-state index contributed by atoms with van der Waals surface area (Å²) < 4.78 is 24.8. The van der Waals surface area contributed by atoms with E-state index in [2.05, 4.69) is 0 Å². The van der Waals surface area contributed by atoms with Crippen molar-refractivity contribution in [2.75, 3.05) is 31.9 Å². The molecule has 8 heteroatoms. The van der Waals surface area contributed by atoms with Gasteiger partial charge in [-0.3, -0.25) is 9.59 Å². The largest absolute Gasteiger partial charge is 0.339 e. The Labute approximate surface area is 176 Å². The van der Waals surface area contributed by atoms with E-state index in [1.165, 1.54) is 24.3 Å². The van der Waals surface area contributed by atoms with Crippen molar-refractivity contribution in [2.24, 2.45) is 0 Å². The van der Waals surface area contributed by atoms with E-state index >= 15 is 0 Å². The Morgan fingerprint density at radius 3 is 2.03 bits per heavy atom. The summed E-state index contributed by atoms with van der Waals surface area (Å²) >= 11 is 5.79.